The van der Waals surface area contributed by atoms with Crippen LogP contribution >= 0.6 is 0 Å². The van der Waals surface area contributed by atoms with Crippen molar-refractivity contribution in [1.29, 1.82) is 0 Å². The van der Waals surface area contributed by atoms with Gasteiger partial charge in [-0.2, -0.15) is 8.42 Å². The van der Waals surface area contributed by atoms with Crippen molar-refractivity contribution < 1.29 is 26.3 Å². The molecule has 0 aliphatic heterocycles. The van der Waals surface area contributed by atoms with Gasteiger partial charge in [0, 0.05) is 17.1 Å². The summed E-state index contributed by atoms with van der Waals surface area (Å²) >= 11 is 0. The number of fused-ring (bicyclic) bond motifs is 1. The van der Waals surface area contributed by atoms with Gasteiger partial charge in [0.05, 0.1) is 28.8 Å². The fourth-order valence-electron chi connectivity index (χ4n) is 2.99. The average Bonchev–Trinajstić information content (AvgIpc) is 2.73. The van der Waals surface area contributed by atoms with Gasteiger partial charge in [0.2, 0.25) is 0 Å². The molecule has 0 atom stereocenters. The van der Waals surface area contributed by atoms with Crippen molar-refractivity contribution in [3.8, 4) is 17.0 Å². The third-order valence-electron chi connectivity index (χ3n) is 4.24. The Morgan fingerprint density at radius 1 is 0.906 bits per heavy atom. The van der Waals surface area contributed by atoms with E-state index in [1.54, 1.807) is 42.5 Å². The minimum absolute atomic E-state index is 0.198. The number of nitrogens with one attached hydrogen (secondary N) is 2. The molecule has 0 fully saturated rings. The molecule has 32 heavy (non-hydrogen) atoms. The van der Waals surface area contributed by atoms with E-state index in [9.17, 15) is 21.6 Å². The Kier molecular flexibility index (Phi) is 5.57. The second kappa shape index (κ2) is 8.35. The Morgan fingerprint density at radius 2 is 1.72 bits per heavy atom. The summed E-state index contributed by atoms with van der Waals surface area (Å²) in [4.78, 5) is 8.32. The summed E-state index contributed by atoms with van der Waals surface area (Å²) in [6.07, 6.45) is -1.95. The van der Waals surface area contributed by atoms with Crippen LogP contribution in [0, 0.1) is 0 Å². The molecule has 4 aromatic rings. The predicted octanol–water partition coefficient (Wildman–Crippen LogP) is 4.96. The van der Waals surface area contributed by atoms with E-state index < -0.39 is 16.6 Å². The highest BCUT2D eigenvalue weighted by molar-refractivity contribution is 7.94. The van der Waals surface area contributed by atoms with Gasteiger partial charge in [-0.25, -0.2) is 4.98 Å². The summed E-state index contributed by atoms with van der Waals surface area (Å²) in [6, 6.07) is 16.8. The van der Waals surface area contributed by atoms with Crippen molar-refractivity contribution in [2.75, 3.05) is 9.44 Å². The molecule has 0 aliphatic rings. The summed E-state index contributed by atoms with van der Waals surface area (Å²) in [5, 5.41) is 0.637. The highest BCUT2D eigenvalue weighted by Gasteiger charge is 2.31. The van der Waals surface area contributed by atoms with Crippen LogP contribution in [0.15, 0.2) is 79.1 Å². The van der Waals surface area contributed by atoms with Crippen molar-refractivity contribution in [3.63, 3.8) is 0 Å². The lowest BCUT2D eigenvalue weighted by Gasteiger charge is -2.13. The smallest absolute Gasteiger partial charge is 0.406 e. The Morgan fingerprint density at radius 3 is 2.47 bits per heavy atom. The Balaban J connectivity index is 1.68. The molecule has 0 bridgehead atoms. The van der Waals surface area contributed by atoms with Crippen molar-refractivity contribution in [2.24, 2.45) is 0 Å². The van der Waals surface area contributed by atoms with Gasteiger partial charge in [-0.05, 0) is 36.4 Å². The fourth-order valence-corrected chi connectivity index (χ4v) is 3.93. The van der Waals surface area contributed by atoms with Crippen LogP contribution in [-0.2, 0) is 10.2 Å². The predicted molar refractivity (Wildman–Crippen MR) is 114 cm³/mol. The van der Waals surface area contributed by atoms with E-state index >= 15 is 0 Å². The number of aromatic nitrogens is 2. The first-order chi connectivity index (χ1) is 15.2. The van der Waals surface area contributed by atoms with E-state index in [0.29, 0.717) is 22.2 Å². The fraction of sp³-hybridized carbons (Fsp3) is 0.0476. The summed E-state index contributed by atoms with van der Waals surface area (Å²) < 4.78 is 71.4. The zero-order chi connectivity index (χ0) is 22.8. The van der Waals surface area contributed by atoms with Crippen LogP contribution in [0.25, 0.3) is 22.2 Å². The lowest BCUT2D eigenvalue weighted by molar-refractivity contribution is -0.274. The molecule has 4 rings (SSSR count). The van der Waals surface area contributed by atoms with Gasteiger partial charge in [0.15, 0.2) is 0 Å². The molecule has 0 unspecified atom stereocenters. The number of anilines is 2. The molecule has 0 radical (unpaired) electrons. The molecule has 0 spiro atoms. The van der Waals surface area contributed by atoms with E-state index in [1.807, 2.05) is 0 Å². The van der Waals surface area contributed by atoms with Crippen molar-refractivity contribution in [1.82, 2.24) is 9.97 Å². The second-order valence-electron chi connectivity index (χ2n) is 6.60. The highest BCUT2D eigenvalue weighted by Crippen LogP contribution is 2.30. The summed E-state index contributed by atoms with van der Waals surface area (Å²) in [5.41, 5.74) is 1.51. The minimum Gasteiger partial charge on any atom is -0.406 e. The monoisotopic (exact) mass is 460 g/mol. The normalized spacial score (nSPS) is 11.8. The first kappa shape index (κ1) is 21.4. The maximum atomic E-state index is 12.5. The lowest BCUT2D eigenvalue weighted by Crippen LogP contribution is -2.22. The number of nitrogens with zero attached hydrogens (tertiary/aromatic N) is 2. The van der Waals surface area contributed by atoms with Crippen LogP contribution in [0.3, 0.4) is 0 Å². The molecule has 0 saturated heterocycles. The number of alkyl halides is 3. The Hall–Kier alpha value is -3.86. The molecular weight excluding hydrogens is 445 g/mol. The van der Waals surface area contributed by atoms with E-state index in [1.165, 1.54) is 36.7 Å². The quantitative estimate of drug-likeness (QED) is 0.424. The molecule has 11 heteroatoms. The molecule has 2 N–H and O–H groups in total. The van der Waals surface area contributed by atoms with Crippen LogP contribution in [0.1, 0.15) is 0 Å². The summed E-state index contributed by atoms with van der Waals surface area (Å²) in [5.74, 6) is -0.383. The van der Waals surface area contributed by atoms with Crippen molar-refractivity contribution >= 4 is 32.5 Å². The number of hydrogen-bond donors (Lipinski definition) is 2. The maximum Gasteiger partial charge on any atom is 0.573 e. The molecule has 0 amide bonds. The maximum absolute atomic E-state index is 12.5. The standard InChI is InChI=1S/C21H15F3N4O3S/c22-21(23,24)31-17-7-1-5-15(12-17)18-10-9-14-4-2-8-19(20(14)26-18)28-32(29,30)27-16-6-3-11-25-13-16/h1-13,27-28H. The van der Waals surface area contributed by atoms with Crippen LogP contribution in [0.2, 0.25) is 0 Å². The molecule has 2 aromatic carbocycles. The first-order valence-corrected chi connectivity index (χ1v) is 10.6. The van der Waals surface area contributed by atoms with Crippen molar-refractivity contribution in [3.05, 3.63) is 79.1 Å². The van der Waals surface area contributed by atoms with Gasteiger partial charge in [0.25, 0.3) is 0 Å². The number of hydrogen-bond acceptors (Lipinski definition) is 5. The second-order valence-corrected chi connectivity index (χ2v) is 8.01. The van der Waals surface area contributed by atoms with Gasteiger partial charge in [0.1, 0.15) is 5.75 Å². The Labute approximate surface area is 181 Å². The minimum atomic E-state index is -4.82. The molecule has 7 nitrogen and oxygen atoms in total. The highest BCUT2D eigenvalue weighted by atomic mass is 32.2. The molecule has 0 saturated carbocycles. The average molecular weight is 460 g/mol. The number of rotatable bonds is 6. The zero-order valence-corrected chi connectivity index (χ0v) is 17.0. The number of para-hydroxylation sites is 1. The molecular formula is C21H15F3N4O3S. The van der Waals surface area contributed by atoms with E-state index in [-0.39, 0.29) is 17.1 Å². The van der Waals surface area contributed by atoms with Crippen molar-refractivity contribution in [2.45, 2.75) is 6.36 Å². The Bertz CT molecular complexity index is 1360. The number of ether oxygens (including phenoxy) is 1. The molecule has 164 valence electrons. The van der Waals surface area contributed by atoms with Crippen LogP contribution < -0.4 is 14.2 Å². The molecule has 2 heterocycles. The molecule has 2 aromatic heterocycles. The van der Waals surface area contributed by atoms with Crippen LogP contribution in [0.4, 0.5) is 24.5 Å². The van der Waals surface area contributed by atoms with E-state index in [4.69, 9.17) is 0 Å². The van der Waals surface area contributed by atoms with E-state index in [0.717, 1.165) is 0 Å². The van der Waals surface area contributed by atoms with Gasteiger partial charge in [-0.3, -0.25) is 14.4 Å². The third-order valence-corrected chi connectivity index (χ3v) is 5.23. The van der Waals surface area contributed by atoms with Gasteiger partial charge in [-0.1, -0.05) is 30.3 Å². The number of halogens is 3. The lowest BCUT2D eigenvalue weighted by atomic mass is 10.1. The zero-order valence-electron chi connectivity index (χ0n) is 16.2. The van der Waals surface area contributed by atoms with Crippen LogP contribution in [-0.4, -0.2) is 24.7 Å². The van der Waals surface area contributed by atoms with E-state index in [2.05, 4.69) is 24.1 Å². The summed E-state index contributed by atoms with van der Waals surface area (Å²) in [7, 11) is -4.01. The SMILES string of the molecule is O=S(=O)(Nc1cccnc1)Nc1cccc2ccc(-c3cccc(OC(F)(F)F)c3)nc12. The number of benzene rings is 2. The first-order valence-electron chi connectivity index (χ1n) is 9.15. The third kappa shape index (κ3) is 5.24. The van der Waals surface area contributed by atoms with Gasteiger partial charge >= 0.3 is 16.6 Å². The topological polar surface area (TPSA) is 93.2 Å². The largest absolute Gasteiger partial charge is 0.573 e. The molecule has 0 aliphatic carbocycles. The van der Waals surface area contributed by atoms with Gasteiger partial charge in [-0.15, -0.1) is 13.2 Å². The van der Waals surface area contributed by atoms with Crippen LogP contribution in [0.5, 0.6) is 5.75 Å². The van der Waals surface area contributed by atoms with Gasteiger partial charge < -0.3 is 4.74 Å². The summed E-state index contributed by atoms with van der Waals surface area (Å²) in [6.45, 7) is 0. The number of pyridine rings is 2.